The van der Waals surface area contributed by atoms with E-state index in [0.29, 0.717) is 12.8 Å². The first kappa shape index (κ1) is 11.7. The zero-order chi connectivity index (χ0) is 12.6. The number of aliphatic carboxylic acids is 1. The van der Waals surface area contributed by atoms with E-state index < -0.39 is 28.8 Å². The maximum absolute atomic E-state index is 11.5. The van der Waals surface area contributed by atoms with Crippen LogP contribution >= 0.6 is 0 Å². The normalized spacial score (nSPS) is 29.1. The summed E-state index contributed by atoms with van der Waals surface area (Å²) in [6, 6.07) is -0.587. The van der Waals surface area contributed by atoms with Crippen LogP contribution in [0.4, 0.5) is 0 Å². The largest absolute Gasteiger partial charge is 0.481 e. The molecule has 0 spiro atoms. The Bertz CT molecular complexity index is 513. The molecule has 1 aromatic heterocycles. The van der Waals surface area contributed by atoms with E-state index in [9.17, 15) is 19.5 Å². The van der Waals surface area contributed by atoms with E-state index in [1.165, 1.54) is 0 Å². The second-order valence-corrected chi connectivity index (χ2v) is 4.71. The van der Waals surface area contributed by atoms with Crippen molar-refractivity contribution < 1.29 is 9.90 Å². The van der Waals surface area contributed by atoms with Gasteiger partial charge in [-0.15, -0.1) is 0 Å². The Morgan fingerprint density at radius 1 is 1.35 bits per heavy atom. The Kier molecular flexibility index (Phi) is 2.68. The van der Waals surface area contributed by atoms with Crippen LogP contribution in [0.1, 0.15) is 38.6 Å². The van der Waals surface area contributed by atoms with Crippen molar-refractivity contribution in [3.63, 3.8) is 0 Å². The molecule has 1 aliphatic rings. The van der Waals surface area contributed by atoms with E-state index in [1.54, 1.807) is 6.92 Å². The lowest BCUT2D eigenvalue weighted by molar-refractivity contribution is -0.153. The zero-order valence-corrected chi connectivity index (χ0v) is 9.52. The molecule has 1 saturated carbocycles. The predicted molar refractivity (Wildman–Crippen MR) is 58.9 cm³/mol. The van der Waals surface area contributed by atoms with Gasteiger partial charge in [0.1, 0.15) is 0 Å². The van der Waals surface area contributed by atoms with Crippen LogP contribution < -0.4 is 11.4 Å². The van der Waals surface area contributed by atoms with E-state index in [2.05, 4.69) is 10.2 Å². The smallest absolute Gasteiger partial charge is 0.344 e. The van der Waals surface area contributed by atoms with Crippen LogP contribution in [0.3, 0.4) is 0 Å². The van der Waals surface area contributed by atoms with Gasteiger partial charge in [-0.1, -0.05) is 12.8 Å². The molecule has 2 unspecified atom stereocenters. The molecule has 1 aliphatic carbocycles. The monoisotopic (exact) mass is 241 g/mol. The van der Waals surface area contributed by atoms with E-state index in [1.807, 2.05) is 0 Å². The van der Waals surface area contributed by atoms with E-state index in [0.717, 1.165) is 17.4 Å². The van der Waals surface area contributed by atoms with Crippen LogP contribution in [-0.4, -0.2) is 25.8 Å². The van der Waals surface area contributed by atoms with Gasteiger partial charge in [-0.2, -0.15) is 0 Å². The quantitative estimate of drug-likeness (QED) is 0.680. The van der Waals surface area contributed by atoms with Crippen molar-refractivity contribution in [2.45, 2.75) is 38.6 Å². The topological polar surface area (TPSA) is 108 Å². The number of rotatable bonds is 2. The second-order valence-electron chi connectivity index (χ2n) is 4.71. The number of aromatic amines is 2. The maximum Gasteiger partial charge on any atom is 0.344 e. The van der Waals surface area contributed by atoms with Gasteiger partial charge in [-0.25, -0.2) is 24.4 Å². The van der Waals surface area contributed by atoms with Crippen LogP contribution in [-0.2, 0) is 4.79 Å². The highest BCUT2D eigenvalue weighted by Crippen LogP contribution is 2.43. The van der Waals surface area contributed by atoms with E-state index in [4.69, 9.17) is 0 Å². The van der Waals surface area contributed by atoms with Gasteiger partial charge >= 0.3 is 17.3 Å². The fourth-order valence-corrected chi connectivity index (χ4v) is 2.58. The first-order valence-corrected chi connectivity index (χ1v) is 5.59. The molecule has 0 aromatic carbocycles. The Morgan fingerprint density at radius 3 is 2.47 bits per heavy atom. The Balaban J connectivity index is 2.52. The van der Waals surface area contributed by atoms with Crippen LogP contribution in [0.15, 0.2) is 9.59 Å². The summed E-state index contributed by atoms with van der Waals surface area (Å²) in [5, 5.41) is 13.7. The molecule has 94 valence electrons. The van der Waals surface area contributed by atoms with Gasteiger partial charge in [-0.3, -0.25) is 4.79 Å². The number of carbonyl (C=O) groups is 1. The number of H-pyrrole nitrogens is 2. The first-order valence-electron chi connectivity index (χ1n) is 5.59. The number of aromatic nitrogens is 3. The first-order chi connectivity index (χ1) is 7.97. The summed E-state index contributed by atoms with van der Waals surface area (Å²) in [4.78, 5) is 34.4. The summed E-state index contributed by atoms with van der Waals surface area (Å²) >= 11 is 0. The number of nitrogens with zero attached hydrogens (tertiary/aromatic N) is 1. The molecule has 17 heavy (non-hydrogen) atoms. The van der Waals surface area contributed by atoms with Gasteiger partial charge in [0.05, 0.1) is 11.5 Å². The minimum atomic E-state index is -1.06. The SMILES string of the molecule is CC1(C(=O)O)CCCCC1n1c(=O)[nH][nH]c1=O. The van der Waals surface area contributed by atoms with Crippen molar-refractivity contribution in [1.29, 1.82) is 0 Å². The highest BCUT2D eigenvalue weighted by molar-refractivity contribution is 5.75. The van der Waals surface area contributed by atoms with Gasteiger partial charge in [0.25, 0.3) is 0 Å². The lowest BCUT2D eigenvalue weighted by Gasteiger charge is -2.37. The van der Waals surface area contributed by atoms with Gasteiger partial charge in [0.2, 0.25) is 0 Å². The summed E-state index contributed by atoms with van der Waals surface area (Å²) in [7, 11) is 0. The van der Waals surface area contributed by atoms with Crippen LogP contribution in [0, 0.1) is 5.41 Å². The third kappa shape index (κ3) is 1.71. The summed E-state index contributed by atoms with van der Waals surface area (Å²) in [6.45, 7) is 1.60. The third-order valence-electron chi connectivity index (χ3n) is 3.67. The molecule has 3 N–H and O–H groups in total. The fourth-order valence-electron chi connectivity index (χ4n) is 2.58. The lowest BCUT2D eigenvalue weighted by Crippen LogP contribution is -2.46. The van der Waals surface area contributed by atoms with Gasteiger partial charge in [0, 0.05) is 0 Å². The number of hydrogen-bond acceptors (Lipinski definition) is 3. The number of carboxylic acids is 1. The molecule has 7 nitrogen and oxygen atoms in total. The summed E-state index contributed by atoms with van der Waals surface area (Å²) in [5.74, 6) is -0.963. The van der Waals surface area contributed by atoms with Crippen molar-refractivity contribution in [1.82, 2.24) is 14.8 Å². The van der Waals surface area contributed by atoms with Gasteiger partial charge in [0.15, 0.2) is 0 Å². The second kappa shape index (κ2) is 3.90. The van der Waals surface area contributed by atoms with Crippen molar-refractivity contribution >= 4 is 5.97 Å². The van der Waals surface area contributed by atoms with Crippen molar-refractivity contribution in [2.75, 3.05) is 0 Å². The minimum absolute atomic E-state index is 0.476. The van der Waals surface area contributed by atoms with E-state index >= 15 is 0 Å². The molecule has 0 aliphatic heterocycles. The van der Waals surface area contributed by atoms with Crippen LogP contribution in [0.2, 0.25) is 0 Å². The average Bonchev–Trinajstić information content (AvgIpc) is 2.60. The van der Waals surface area contributed by atoms with Crippen molar-refractivity contribution in [3.05, 3.63) is 21.0 Å². The Morgan fingerprint density at radius 2 is 1.94 bits per heavy atom. The average molecular weight is 241 g/mol. The van der Waals surface area contributed by atoms with Gasteiger partial charge < -0.3 is 5.11 Å². The number of hydrogen-bond donors (Lipinski definition) is 3. The molecule has 0 saturated heterocycles. The molecule has 2 rings (SSSR count). The Hall–Kier alpha value is -1.79. The molecule has 1 fully saturated rings. The predicted octanol–water partition coefficient (Wildman–Crippen LogP) is 0.0707. The fraction of sp³-hybridized carbons (Fsp3) is 0.700. The number of carboxylic acid groups (broad SMARTS) is 1. The molecule has 1 aromatic rings. The molecule has 1 heterocycles. The highest BCUT2D eigenvalue weighted by Gasteiger charge is 2.45. The summed E-state index contributed by atoms with van der Waals surface area (Å²) < 4.78 is 0.993. The lowest BCUT2D eigenvalue weighted by atomic mass is 9.71. The molecule has 7 heteroatoms. The third-order valence-corrected chi connectivity index (χ3v) is 3.67. The minimum Gasteiger partial charge on any atom is -0.481 e. The Labute approximate surface area is 96.5 Å². The summed E-state index contributed by atoms with van der Waals surface area (Å²) in [5.41, 5.74) is -2.21. The maximum atomic E-state index is 11.5. The molecular formula is C10H15N3O4. The van der Waals surface area contributed by atoms with Crippen molar-refractivity contribution in [2.24, 2.45) is 5.41 Å². The standard InChI is InChI=1S/C10H15N3O4/c1-10(7(14)15)5-3-2-4-6(10)13-8(16)11-12-9(13)17/h6H,2-5H2,1H3,(H,11,16)(H,12,17)(H,14,15). The number of nitrogens with one attached hydrogen (secondary N) is 2. The molecule has 0 amide bonds. The molecule has 0 radical (unpaired) electrons. The molecule has 0 bridgehead atoms. The highest BCUT2D eigenvalue weighted by atomic mass is 16.4. The van der Waals surface area contributed by atoms with Crippen LogP contribution in [0.25, 0.3) is 0 Å². The van der Waals surface area contributed by atoms with E-state index in [-0.39, 0.29) is 0 Å². The van der Waals surface area contributed by atoms with Crippen LogP contribution in [0.5, 0.6) is 0 Å². The van der Waals surface area contributed by atoms with Crippen molar-refractivity contribution in [3.8, 4) is 0 Å². The zero-order valence-electron chi connectivity index (χ0n) is 9.52. The molecule has 2 atom stereocenters. The molecular weight excluding hydrogens is 226 g/mol. The summed E-state index contributed by atoms with van der Waals surface area (Å²) in [6.07, 6.45) is 2.63. The van der Waals surface area contributed by atoms with Gasteiger partial charge in [-0.05, 0) is 19.8 Å².